The van der Waals surface area contributed by atoms with Crippen LogP contribution in [0.25, 0.3) is 0 Å². The molecule has 0 aliphatic rings. The number of aromatic hydroxyl groups is 1. The number of anilines is 1. The zero-order valence-electron chi connectivity index (χ0n) is 11.1. The second-order valence-electron chi connectivity index (χ2n) is 4.32. The third-order valence-electron chi connectivity index (χ3n) is 2.99. The lowest BCUT2D eigenvalue weighted by molar-refractivity contribution is -0.122. The summed E-state index contributed by atoms with van der Waals surface area (Å²) in [6.07, 6.45) is 1.73. The van der Waals surface area contributed by atoms with Gasteiger partial charge in [-0.1, -0.05) is 19.4 Å². The summed E-state index contributed by atoms with van der Waals surface area (Å²) in [4.78, 5) is 14.0. The fourth-order valence-corrected chi connectivity index (χ4v) is 2.04. The zero-order chi connectivity index (χ0) is 13.5. The highest BCUT2D eigenvalue weighted by atomic mass is 16.3. The van der Waals surface area contributed by atoms with Crippen molar-refractivity contribution < 1.29 is 9.90 Å². The molecule has 0 saturated heterocycles. The van der Waals surface area contributed by atoms with Crippen molar-refractivity contribution in [1.29, 1.82) is 0 Å². The molecule has 0 aromatic heterocycles. The second-order valence-corrected chi connectivity index (χ2v) is 4.32. The fourth-order valence-electron chi connectivity index (χ4n) is 2.04. The van der Waals surface area contributed by atoms with Crippen LogP contribution in [-0.4, -0.2) is 24.1 Å². The van der Waals surface area contributed by atoms with E-state index in [-0.39, 0.29) is 17.6 Å². The number of phenols is 1. The largest absolute Gasteiger partial charge is 0.508 e. The predicted octanol–water partition coefficient (Wildman–Crippen LogP) is 2.12. The van der Waals surface area contributed by atoms with Gasteiger partial charge in [-0.3, -0.25) is 4.79 Å². The number of carbonyl (C=O) groups excluding carboxylic acids is 1. The Hall–Kier alpha value is -1.55. The van der Waals surface area contributed by atoms with Crippen LogP contribution in [0.2, 0.25) is 0 Å². The van der Waals surface area contributed by atoms with Crippen LogP contribution in [0.1, 0.15) is 26.7 Å². The lowest BCUT2D eigenvalue weighted by atomic mass is 10.0. The third-order valence-corrected chi connectivity index (χ3v) is 2.99. The van der Waals surface area contributed by atoms with Gasteiger partial charge in [0.1, 0.15) is 5.75 Å². The first-order valence-electron chi connectivity index (χ1n) is 6.44. The Bertz CT molecular complexity index is 393. The van der Waals surface area contributed by atoms with Crippen LogP contribution in [0.5, 0.6) is 5.75 Å². The lowest BCUT2D eigenvalue weighted by Crippen LogP contribution is -2.39. The first kappa shape index (κ1) is 14.5. The summed E-state index contributed by atoms with van der Waals surface area (Å²) in [5, 5.41) is 9.48. The minimum atomic E-state index is -0.141. The molecular weight excluding hydrogens is 228 g/mol. The van der Waals surface area contributed by atoms with Crippen LogP contribution in [0.3, 0.4) is 0 Å². The Balaban J connectivity index is 2.92. The normalized spacial score (nSPS) is 12.2. The minimum Gasteiger partial charge on any atom is -0.508 e. The van der Waals surface area contributed by atoms with Gasteiger partial charge >= 0.3 is 0 Å². The average Bonchev–Trinajstić information content (AvgIpc) is 2.36. The van der Waals surface area contributed by atoms with Crippen molar-refractivity contribution in [3.63, 3.8) is 0 Å². The van der Waals surface area contributed by atoms with Crippen molar-refractivity contribution in [1.82, 2.24) is 0 Å². The number of nitrogens with zero attached hydrogens (tertiary/aromatic N) is 1. The van der Waals surface area contributed by atoms with Crippen molar-refractivity contribution in [2.24, 2.45) is 11.7 Å². The van der Waals surface area contributed by atoms with Crippen molar-refractivity contribution in [2.75, 3.05) is 18.0 Å². The van der Waals surface area contributed by atoms with Gasteiger partial charge in [0.05, 0.1) is 5.92 Å². The maximum atomic E-state index is 12.4. The highest BCUT2D eigenvalue weighted by molar-refractivity contribution is 5.95. The Morgan fingerprint density at radius 3 is 2.67 bits per heavy atom. The first-order chi connectivity index (χ1) is 8.63. The Labute approximate surface area is 108 Å². The van der Waals surface area contributed by atoms with E-state index in [1.807, 2.05) is 19.9 Å². The van der Waals surface area contributed by atoms with Gasteiger partial charge in [-0.25, -0.2) is 0 Å². The number of carbonyl (C=O) groups is 1. The summed E-state index contributed by atoms with van der Waals surface area (Å²) in [7, 11) is 0. The van der Waals surface area contributed by atoms with Crippen molar-refractivity contribution in [2.45, 2.75) is 26.7 Å². The molecule has 0 fully saturated rings. The SMILES string of the molecule is CCCC(CN)C(=O)N(CC)c1cccc(O)c1. The third kappa shape index (κ3) is 3.47. The van der Waals surface area contributed by atoms with Crippen LogP contribution in [0.15, 0.2) is 24.3 Å². The Kier molecular flexibility index (Phi) is 5.65. The van der Waals surface area contributed by atoms with Gasteiger partial charge in [0.25, 0.3) is 0 Å². The summed E-state index contributed by atoms with van der Waals surface area (Å²) in [5.74, 6) is 0.0586. The van der Waals surface area contributed by atoms with E-state index >= 15 is 0 Å². The van der Waals surface area contributed by atoms with Gasteiger partial charge < -0.3 is 15.7 Å². The second kappa shape index (κ2) is 7.01. The van der Waals surface area contributed by atoms with Gasteiger partial charge in [0.15, 0.2) is 0 Å². The monoisotopic (exact) mass is 250 g/mol. The Morgan fingerprint density at radius 2 is 2.17 bits per heavy atom. The van der Waals surface area contributed by atoms with E-state index in [1.165, 1.54) is 0 Å². The average molecular weight is 250 g/mol. The summed E-state index contributed by atoms with van der Waals surface area (Å²) >= 11 is 0. The molecule has 1 atom stereocenters. The van der Waals surface area contributed by atoms with E-state index in [0.29, 0.717) is 13.1 Å². The molecule has 1 amide bonds. The van der Waals surface area contributed by atoms with Gasteiger partial charge in [0, 0.05) is 24.8 Å². The van der Waals surface area contributed by atoms with E-state index in [0.717, 1.165) is 18.5 Å². The molecule has 1 rings (SSSR count). The van der Waals surface area contributed by atoms with Crippen molar-refractivity contribution >= 4 is 11.6 Å². The summed E-state index contributed by atoms with van der Waals surface area (Å²) < 4.78 is 0. The van der Waals surface area contributed by atoms with Gasteiger partial charge in [-0.05, 0) is 25.5 Å². The smallest absolute Gasteiger partial charge is 0.231 e. The molecule has 0 heterocycles. The molecule has 18 heavy (non-hydrogen) atoms. The molecule has 100 valence electrons. The van der Waals surface area contributed by atoms with Gasteiger partial charge in [-0.15, -0.1) is 0 Å². The highest BCUT2D eigenvalue weighted by Crippen LogP contribution is 2.22. The fraction of sp³-hybridized carbons (Fsp3) is 0.500. The lowest BCUT2D eigenvalue weighted by Gasteiger charge is -2.25. The molecule has 4 nitrogen and oxygen atoms in total. The van der Waals surface area contributed by atoms with Crippen molar-refractivity contribution in [3.05, 3.63) is 24.3 Å². The van der Waals surface area contributed by atoms with Crippen LogP contribution in [0.4, 0.5) is 5.69 Å². The molecule has 0 aliphatic heterocycles. The number of nitrogens with two attached hydrogens (primary N) is 1. The number of phenolic OH excluding ortho intramolecular Hbond substituents is 1. The number of hydrogen-bond donors (Lipinski definition) is 2. The summed E-state index contributed by atoms with van der Waals surface area (Å²) in [6, 6.07) is 6.74. The molecule has 0 radical (unpaired) electrons. The Morgan fingerprint density at radius 1 is 1.44 bits per heavy atom. The van der Waals surface area contributed by atoms with E-state index in [1.54, 1.807) is 23.1 Å². The van der Waals surface area contributed by atoms with E-state index < -0.39 is 0 Å². The molecule has 1 aromatic rings. The van der Waals surface area contributed by atoms with E-state index in [2.05, 4.69) is 0 Å². The molecule has 1 unspecified atom stereocenters. The first-order valence-corrected chi connectivity index (χ1v) is 6.44. The van der Waals surface area contributed by atoms with Crippen molar-refractivity contribution in [3.8, 4) is 5.75 Å². The van der Waals surface area contributed by atoms with Gasteiger partial charge in [-0.2, -0.15) is 0 Å². The van der Waals surface area contributed by atoms with Crippen LogP contribution in [0, 0.1) is 5.92 Å². The maximum Gasteiger partial charge on any atom is 0.231 e. The molecule has 0 saturated carbocycles. The molecule has 0 spiro atoms. The standard InChI is InChI=1S/C14H22N2O2/c1-3-6-11(10-15)14(18)16(4-2)12-7-5-8-13(17)9-12/h5,7-9,11,17H,3-4,6,10,15H2,1-2H3. The minimum absolute atomic E-state index is 0.0347. The number of hydrogen-bond acceptors (Lipinski definition) is 3. The number of benzene rings is 1. The topological polar surface area (TPSA) is 66.6 Å². The summed E-state index contributed by atoms with van der Waals surface area (Å²) in [5.41, 5.74) is 6.38. The van der Waals surface area contributed by atoms with Crippen LogP contribution >= 0.6 is 0 Å². The maximum absolute atomic E-state index is 12.4. The highest BCUT2D eigenvalue weighted by Gasteiger charge is 2.22. The van der Waals surface area contributed by atoms with E-state index in [4.69, 9.17) is 5.73 Å². The van der Waals surface area contributed by atoms with E-state index in [9.17, 15) is 9.90 Å². The molecule has 1 aromatic carbocycles. The molecule has 3 N–H and O–H groups in total. The van der Waals surface area contributed by atoms with Crippen LogP contribution < -0.4 is 10.6 Å². The number of rotatable bonds is 6. The number of amides is 1. The molecular formula is C14H22N2O2. The van der Waals surface area contributed by atoms with Crippen LogP contribution in [-0.2, 0) is 4.79 Å². The van der Waals surface area contributed by atoms with Gasteiger partial charge in [0.2, 0.25) is 5.91 Å². The molecule has 0 aliphatic carbocycles. The molecule has 0 bridgehead atoms. The quantitative estimate of drug-likeness (QED) is 0.812. The molecule has 4 heteroatoms. The summed E-state index contributed by atoms with van der Waals surface area (Å²) in [6.45, 7) is 4.90. The predicted molar refractivity (Wildman–Crippen MR) is 73.6 cm³/mol. The zero-order valence-corrected chi connectivity index (χ0v) is 11.1.